The van der Waals surface area contributed by atoms with Crippen molar-refractivity contribution in [1.82, 2.24) is 0 Å². The number of unbranched alkanes of at least 4 members (excludes halogenated alkanes) is 3. The second kappa shape index (κ2) is 9.59. The number of carbonyl (C=O) groups is 1. The first-order chi connectivity index (χ1) is 11.2. The van der Waals surface area contributed by atoms with Crippen LogP contribution in [0.1, 0.15) is 75.1 Å². The first-order valence-electron chi connectivity index (χ1n) is 9.13. The van der Waals surface area contributed by atoms with Gasteiger partial charge in [0.15, 0.2) is 0 Å². The number of benzene rings is 1. The maximum atomic E-state index is 10.7. The van der Waals surface area contributed by atoms with Gasteiger partial charge in [0.05, 0.1) is 12.6 Å². The Morgan fingerprint density at radius 1 is 1.04 bits per heavy atom. The highest BCUT2D eigenvalue weighted by Crippen LogP contribution is 2.32. The van der Waals surface area contributed by atoms with E-state index < -0.39 is 5.97 Å². The van der Waals surface area contributed by atoms with Crippen LogP contribution >= 0.6 is 0 Å². The van der Waals surface area contributed by atoms with Crippen LogP contribution < -0.4 is 9.84 Å². The minimum absolute atomic E-state index is 0.195. The van der Waals surface area contributed by atoms with Gasteiger partial charge in [-0.2, -0.15) is 0 Å². The van der Waals surface area contributed by atoms with E-state index in [0.29, 0.717) is 5.92 Å². The van der Waals surface area contributed by atoms with Gasteiger partial charge in [0.2, 0.25) is 0 Å². The molecule has 0 unspecified atom stereocenters. The third-order valence-electron chi connectivity index (χ3n) is 5.01. The minimum atomic E-state index is -1.14. The fraction of sp³-hybridized carbons (Fsp3) is 0.650. The Labute approximate surface area is 140 Å². The van der Waals surface area contributed by atoms with Crippen molar-refractivity contribution in [3.8, 4) is 5.75 Å². The van der Waals surface area contributed by atoms with Crippen LogP contribution in [0, 0.1) is 11.8 Å². The number of rotatable bonds is 9. The fourth-order valence-corrected chi connectivity index (χ4v) is 3.45. The molecule has 0 heterocycles. The van der Waals surface area contributed by atoms with Crippen molar-refractivity contribution < 1.29 is 14.6 Å². The quantitative estimate of drug-likeness (QED) is 0.641. The van der Waals surface area contributed by atoms with Crippen molar-refractivity contribution in [1.29, 1.82) is 0 Å². The van der Waals surface area contributed by atoms with E-state index in [1.54, 1.807) is 12.1 Å². The fourth-order valence-electron chi connectivity index (χ4n) is 3.45. The Bertz CT molecular complexity index is 458. The summed E-state index contributed by atoms with van der Waals surface area (Å²) in [5, 5.41) is 10.7. The summed E-state index contributed by atoms with van der Waals surface area (Å²) in [4.78, 5) is 10.7. The lowest BCUT2D eigenvalue weighted by Gasteiger charge is -2.28. The van der Waals surface area contributed by atoms with Gasteiger partial charge in [-0.1, -0.05) is 51.9 Å². The number of aromatic carboxylic acids is 1. The average molecular weight is 317 g/mol. The van der Waals surface area contributed by atoms with Crippen LogP contribution in [0.4, 0.5) is 0 Å². The zero-order valence-corrected chi connectivity index (χ0v) is 14.3. The molecule has 0 atom stereocenters. The van der Waals surface area contributed by atoms with E-state index in [1.165, 1.54) is 69.9 Å². The molecule has 2 rings (SSSR count). The average Bonchev–Trinajstić information content (AvgIpc) is 2.58. The van der Waals surface area contributed by atoms with Gasteiger partial charge in [-0.3, -0.25) is 0 Å². The summed E-state index contributed by atoms with van der Waals surface area (Å²) in [7, 11) is 0. The Morgan fingerprint density at radius 3 is 2.30 bits per heavy atom. The summed E-state index contributed by atoms with van der Waals surface area (Å²) >= 11 is 0. The molecule has 23 heavy (non-hydrogen) atoms. The van der Waals surface area contributed by atoms with Crippen LogP contribution in [-0.2, 0) is 0 Å². The zero-order chi connectivity index (χ0) is 16.5. The molecule has 0 bridgehead atoms. The Balaban J connectivity index is 1.63. The third-order valence-corrected chi connectivity index (χ3v) is 5.01. The number of carbonyl (C=O) groups excluding carboxylic acids is 1. The molecule has 0 saturated heterocycles. The highest BCUT2D eigenvalue weighted by molar-refractivity contribution is 5.85. The highest BCUT2D eigenvalue weighted by Gasteiger charge is 2.21. The topological polar surface area (TPSA) is 49.4 Å². The Hall–Kier alpha value is -1.51. The van der Waals surface area contributed by atoms with Crippen LogP contribution in [0.5, 0.6) is 5.75 Å². The molecule has 1 aromatic carbocycles. The summed E-state index contributed by atoms with van der Waals surface area (Å²) in [5.74, 6) is 1.17. The molecule has 1 saturated carbocycles. The molecule has 0 amide bonds. The van der Waals surface area contributed by atoms with Crippen molar-refractivity contribution in [2.45, 2.75) is 64.7 Å². The van der Waals surface area contributed by atoms with E-state index in [0.717, 1.165) is 18.3 Å². The van der Waals surface area contributed by atoms with Gasteiger partial charge in [0.25, 0.3) is 0 Å². The molecule has 1 aliphatic carbocycles. The van der Waals surface area contributed by atoms with Gasteiger partial charge in [-0.25, -0.2) is 0 Å². The molecule has 3 heteroatoms. The predicted octanol–water partition coefficient (Wildman–Crippen LogP) is 4.21. The van der Waals surface area contributed by atoms with Crippen molar-refractivity contribution in [3.05, 3.63) is 29.8 Å². The standard InChI is InChI=1S/C20H30O3/c1-2-3-4-5-6-16-7-9-17(10-8-16)15-23-19-13-11-18(12-14-19)20(21)22/h11-14,16-17H,2-10,15H2,1H3,(H,21,22)/p-1. The van der Waals surface area contributed by atoms with E-state index in [4.69, 9.17) is 4.74 Å². The molecule has 1 aliphatic rings. The Morgan fingerprint density at radius 2 is 1.70 bits per heavy atom. The molecule has 1 aromatic rings. The molecule has 128 valence electrons. The van der Waals surface area contributed by atoms with Crippen LogP contribution in [0.15, 0.2) is 24.3 Å². The number of hydrogen-bond acceptors (Lipinski definition) is 3. The number of carboxylic acid groups (broad SMARTS) is 1. The maximum absolute atomic E-state index is 10.7. The van der Waals surface area contributed by atoms with Crippen molar-refractivity contribution >= 4 is 5.97 Å². The van der Waals surface area contributed by atoms with Gasteiger partial charge in [0, 0.05) is 0 Å². The predicted molar refractivity (Wildman–Crippen MR) is 90.5 cm³/mol. The lowest BCUT2D eigenvalue weighted by molar-refractivity contribution is -0.255. The van der Waals surface area contributed by atoms with Gasteiger partial charge in [-0.05, 0) is 54.5 Å². The normalized spacial score (nSPS) is 21.1. The van der Waals surface area contributed by atoms with Crippen LogP contribution in [0.3, 0.4) is 0 Å². The number of ether oxygens (including phenoxy) is 1. The molecular weight excluding hydrogens is 288 g/mol. The number of hydrogen-bond donors (Lipinski definition) is 0. The summed E-state index contributed by atoms with van der Waals surface area (Å²) in [5.41, 5.74) is 0.195. The molecule has 3 nitrogen and oxygen atoms in total. The lowest BCUT2D eigenvalue weighted by Crippen LogP contribution is -2.22. The first-order valence-corrected chi connectivity index (χ1v) is 9.13. The summed E-state index contributed by atoms with van der Waals surface area (Å²) in [6, 6.07) is 6.50. The van der Waals surface area contributed by atoms with E-state index >= 15 is 0 Å². The van der Waals surface area contributed by atoms with Crippen molar-refractivity contribution in [2.24, 2.45) is 11.8 Å². The first kappa shape index (κ1) is 17.8. The van der Waals surface area contributed by atoms with Gasteiger partial charge in [0.1, 0.15) is 5.75 Å². The molecule has 0 radical (unpaired) electrons. The zero-order valence-electron chi connectivity index (χ0n) is 14.3. The number of carboxylic acids is 1. The molecule has 0 spiro atoms. The highest BCUT2D eigenvalue weighted by atomic mass is 16.5. The second-order valence-electron chi connectivity index (χ2n) is 6.86. The lowest BCUT2D eigenvalue weighted by atomic mass is 9.80. The third kappa shape index (κ3) is 6.25. The van der Waals surface area contributed by atoms with Crippen LogP contribution in [0.25, 0.3) is 0 Å². The smallest absolute Gasteiger partial charge is 0.119 e. The van der Waals surface area contributed by atoms with E-state index in [9.17, 15) is 9.90 Å². The molecule has 1 fully saturated rings. The van der Waals surface area contributed by atoms with Crippen LogP contribution in [-0.4, -0.2) is 12.6 Å². The van der Waals surface area contributed by atoms with Gasteiger partial charge < -0.3 is 14.6 Å². The van der Waals surface area contributed by atoms with E-state index in [-0.39, 0.29) is 5.56 Å². The Kier molecular flexibility index (Phi) is 7.44. The second-order valence-corrected chi connectivity index (χ2v) is 6.86. The molecule has 0 aromatic heterocycles. The monoisotopic (exact) mass is 317 g/mol. The van der Waals surface area contributed by atoms with Gasteiger partial charge in [-0.15, -0.1) is 0 Å². The molecule has 0 N–H and O–H groups in total. The SMILES string of the molecule is CCCCCCC1CCC(COc2ccc(C(=O)[O-])cc2)CC1. The maximum Gasteiger partial charge on any atom is 0.119 e. The van der Waals surface area contributed by atoms with Crippen LogP contribution in [0.2, 0.25) is 0 Å². The van der Waals surface area contributed by atoms with E-state index in [1.807, 2.05) is 0 Å². The summed E-state index contributed by atoms with van der Waals surface area (Å²) in [6.07, 6.45) is 12.1. The summed E-state index contributed by atoms with van der Waals surface area (Å²) in [6.45, 7) is 3.00. The van der Waals surface area contributed by atoms with Crippen molar-refractivity contribution in [3.63, 3.8) is 0 Å². The minimum Gasteiger partial charge on any atom is -0.545 e. The van der Waals surface area contributed by atoms with Gasteiger partial charge >= 0.3 is 0 Å². The largest absolute Gasteiger partial charge is 0.545 e. The molecule has 0 aliphatic heterocycles. The van der Waals surface area contributed by atoms with Crippen molar-refractivity contribution in [2.75, 3.05) is 6.61 Å². The molecular formula is C20H29O3-. The summed E-state index contributed by atoms with van der Waals surface area (Å²) < 4.78 is 5.82. The van der Waals surface area contributed by atoms with E-state index in [2.05, 4.69) is 6.92 Å².